The monoisotopic (exact) mass is 433 g/mol. The van der Waals surface area contributed by atoms with Gasteiger partial charge in [-0.25, -0.2) is 4.98 Å². The molecule has 0 saturated carbocycles. The number of amides is 1. The van der Waals surface area contributed by atoms with Crippen LogP contribution in [0.25, 0.3) is 22.2 Å². The van der Waals surface area contributed by atoms with Crippen LogP contribution in [-0.2, 0) is 11.3 Å². The summed E-state index contributed by atoms with van der Waals surface area (Å²) in [6.07, 6.45) is 5.57. The van der Waals surface area contributed by atoms with Crippen LogP contribution < -0.4 is 10.6 Å². The highest BCUT2D eigenvalue weighted by Crippen LogP contribution is 2.30. The molecule has 0 fully saturated rings. The summed E-state index contributed by atoms with van der Waals surface area (Å²) in [6, 6.07) is 26.2. The van der Waals surface area contributed by atoms with Crippen molar-refractivity contribution >= 4 is 34.0 Å². The number of hydrogen-bond donors (Lipinski definition) is 2. The summed E-state index contributed by atoms with van der Waals surface area (Å²) < 4.78 is 2.30. The van der Waals surface area contributed by atoms with Crippen molar-refractivity contribution in [3.63, 3.8) is 0 Å². The minimum Gasteiger partial charge on any atom is -0.340 e. The fourth-order valence-electron chi connectivity index (χ4n) is 3.90. The highest BCUT2D eigenvalue weighted by molar-refractivity contribution is 5.90. The maximum atomic E-state index is 11.2. The summed E-state index contributed by atoms with van der Waals surface area (Å²) in [5.41, 5.74) is 6.12. The Bertz CT molecular complexity index is 1390. The number of hydrogen-bond acceptors (Lipinski definition) is 4. The second kappa shape index (κ2) is 8.96. The topological polar surface area (TPSA) is 71.8 Å². The van der Waals surface area contributed by atoms with Crippen molar-refractivity contribution in [2.45, 2.75) is 13.5 Å². The fraction of sp³-hybridized carbons (Fsp3) is 0.0741. The van der Waals surface area contributed by atoms with E-state index in [4.69, 9.17) is 0 Å². The van der Waals surface area contributed by atoms with Crippen molar-refractivity contribution in [2.24, 2.45) is 0 Å². The highest BCUT2D eigenvalue weighted by Gasteiger charge is 2.13. The highest BCUT2D eigenvalue weighted by atomic mass is 16.1. The molecule has 0 aliphatic heterocycles. The Kier molecular flexibility index (Phi) is 5.55. The zero-order chi connectivity index (χ0) is 22.6. The maximum absolute atomic E-state index is 11.2. The van der Waals surface area contributed by atoms with Crippen molar-refractivity contribution in [3.05, 3.63) is 103 Å². The van der Waals surface area contributed by atoms with Gasteiger partial charge in [-0.1, -0.05) is 30.3 Å². The summed E-state index contributed by atoms with van der Waals surface area (Å²) in [5.74, 6) is 0.659. The molecular formula is C27H23N5O. The number of pyridine rings is 2. The Balaban J connectivity index is 1.52. The number of rotatable bonds is 6. The van der Waals surface area contributed by atoms with Crippen molar-refractivity contribution in [3.8, 4) is 11.3 Å². The number of nitrogens with zero attached hydrogens (tertiary/aromatic N) is 3. The van der Waals surface area contributed by atoms with E-state index < -0.39 is 0 Å². The van der Waals surface area contributed by atoms with Gasteiger partial charge in [0.25, 0.3) is 0 Å². The summed E-state index contributed by atoms with van der Waals surface area (Å²) in [6.45, 7) is 2.24. The molecule has 0 spiro atoms. The van der Waals surface area contributed by atoms with Gasteiger partial charge in [0.1, 0.15) is 5.82 Å². The molecule has 0 aliphatic rings. The molecule has 3 aromatic heterocycles. The minimum absolute atomic E-state index is 0.0913. The molecule has 6 heteroatoms. The van der Waals surface area contributed by atoms with E-state index in [0.717, 1.165) is 45.9 Å². The van der Waals surface area contributed by atoms with E-state index in [1.54, 1.807) is 6.20 Å². The Hall–Kier alpha value is -4.45. The Morgan fingerprint density at radius 3 is 2.42 bits per heavy atom. The lowest BCUT2D eigenvalue weighted by atomic mass is 10.2. The van der Waals surface area contributed by atoms with Crippen LogP contribution in [0.2, 0.25) is 0 Å². The number of aromatic nitrogens is 3. The van der Waals surface area contributed by atoms with Gasteiger partial charge in [-0.15, -0.1) is 0 Å². The number of nitrogens with one attached hydrogen (secondary N) is 2. The Labute approximate surface area is 191 Å². The number of carbonyl (C=O) groups excluding carboxylic acids is 1. The first-order valence-corrected chi connectivity index (χ1v) is 10.7. The average molecular weight is 434 g/mol. The molecule has 2 aromatic carbocycles. The number of benzene rings is 2. The van der Waals surface area contributed by atoms with Gasteiger partial charge >= 0.3 is 0 Å². The molecule has 5 rings (SSSR count). The first-order chi connectivity index (χ1) is 16.2. The SMILES string of the molecule is CC(=O)Nc1ccc(Nc2cc3c(cn2)cc(-c2cccnc2)n3Cc2ccccc2)cc1. The van der Waals surface area contributed by atoms with Crippen LogP contribution in [0.5, 0.6) is 0 Å². The van der Waals surface area contributed by atoms with Gasteiger partial charge in [-0.2, -0.15) is 0 Å². The molecular weight excluding hydrogens is 410 g/mol. The molecule has 1 amide bonds. The molecule has 0 aliphatic carbocycles. The van der Waals surface area contributed by atoms with Crippen LogP contribution in [0.1, 0.15) is 12.5 Å². The molecule has 0 atom stereocenters. The van der Waals surface area contributed by atoms with E-state index in [1.807, 2.05) is 48.8 Å². The average Bonchev–Trinajstić information content (AvgIpc) is 3.19. The van der Waals surface area contributed by atoms with Gasteiger partial charge in [-0.05, 0) is 48.0 Å². The van der Waals surface area contributed by atoms with Gasteiger partial charge in [-0.3, -0.25) is 9.78 Å². The summed E-state index contributed by atoms with van der Waals surface area (Å²) in [4.78, 5) is 20.2. The standard InChI is InChI=1S/C27H23N5O/c1-19(33)30-23-9-11-24(12-10-23)31-27-15-26-22(17-29-27)14-25(21-8-5-13-28-16-21)32(26)18-20-6-3-2-4-7-20/h2-17H,18H2,1H3,(H,29,31)(H,30,33). The molecule has 0 bridgehead atoms. The van der Waals surface area contributed by atoms with Crippen LogP contribution in [0, 0.1) is 0 Å². The van der Waals surface area contributed by atoms with Gasteiger partial charge in [0.15, 0.2) is 0 Å². The minimum atomic E-state index is -0.0913. The number of fused-ring (bicyclic) bond motifs is 1. The number of anilines is 3. The third-order valence-electron chi connectivity index (χ3n) is 5.40. The smallest absolute Gasteiger partial charge is 0.221 e. The molecule has 0 saturated heterocycles. The molecule has 6 nitrogen and oxygen atoms in total. The van der Waals surface area contributed by atoms with Crippen LogP contribution in [-0.4, -0.2) is 20.4 Å². The lowest BCUT2D eigenvalue weighted by molar-refractivity contribution is -0.114. The van der Waals surface area contributed by atoms with Crippen LogP contribution in [0.3, 0.4) is 0 Å². The fourth-order valence-corrected chi connectivity index (χ4v) is 3.90. The van der Waals surface area contributed by atoms with E-state index in [2.05, 4.69) is 67.6 Å². The van der Waals surface area contributed by atoms with Crippen molar-refractivity contribution in [1.82, 2.24) is 14.5 Å². The van der Waals surface area contributed by atoms with Crippen molar-refractivity contribution in [1.29, 1.82) is 0 Å². The lowest BCUT2D eigenvalue weighted by Crippen LogP contribution is -2.05. The predicted molar refractivity (Wildman–Crippen MR) is 133 cm³/mol. The lowest BCUT2D eigenvalue weighted by Gasteiger charge is -2.12. The quantitative estimate of drug-likeness (QED) is 0.352. The summed E-state index contributed by atoms with van der Waals surface area (Å²) >= 11 is 0. The zero-order valence-electron chi connectivity index (χ0n) is 18.2. The van der Waals surface area contributed by atoms with Crippen LogP contribution in [0.15, 0.2) is 97.5 Å². The molecule has 3 heterocycles. The first kappa shape index (κ1) is 20.5. The third-order valence-corrected chi connectivity index (χ3v) is 5.40. The van der Waals surface area contributed by atoms with Gasteiger partial charge < -0.3 is 15.2 Å². The van der Waals surface area contributed by atoms with Gasteiger partial charge in [0.2, 0.25) is 5.91 Å². The van der Waals surface area contributed by atoms with Gasteiger partial charge in [0, 0.05) is 60.4 Å². The normalized spacial score (nSPS) is 10.8. The second-order valence-electron chi connectivity index (χ2n) is 7.85. The maximum Gasteiger partial charge on any atom is 0.221 e. The number of carbonyl (C=O) groups is 1. The van der Waals surface area contributed by atoms with Crippen molar-refractivity contribution < 1.29 is 4.79 Å². The summed E-state index contributed by atoms with van der Waals surface area (Å²) in [7, 11) is 0. The van der Waals surface area contributed by atoms with Crippen LogP contribution in [0.4, 0.5) is 17.2 Å². The van der Waals surface area contributed by atoms with Gasteiger partial charge in [0.05, 0.1) is 11.2 Å². The van der Waals surface area contributed by atoms with E-state index >= 15 is 0 Å². The first-order valence-electron chi connectivity index (χ1n) is 10.7. The molecule has 162 valence electrons. The van der Waals surface area contributed by atoms with E-state index in [1.165, 1.54) is 12.5 Å². The molecule has 5 aromatic rings. The van der Waals surface area contributed by atoms with E-state index in [9.17, 15) is 4.79 Å². The Morgan fingerprint density at radius 2 is 1.70 bits per heavy atom. The Morgan fingerprint density at radius 1 is 0.909 bits per heavy atom. The summed E-state index contributed by atoms with van der Waals surface area (Å²) in [5, 5.41) is 7.21. The van der Waals surface area contributed by atoms with Crippen molar-refractivity contribution in [2.75, 3.05) is 10.6 Å². The molecule has 33 heavy (non-hydrogen) atoms. The van der Waals surface area contributed by atoms with E-state index in [-0.39, 0.29) is 5.91 Å². The molecule has 0 unspecified atom stereocenters. The zero-order valence-corrected chi connectivity index (χ0v) is 18.2. The van der Waals surface area contributed by atoms with Crippen LogP contribution >= 0.6 is 0 Å². The second-order valence-corrected chi connectivity index (χ2v) is 7.85. The third kappa shape index (κ3) is 4.60. The molecule has 0 radical (unpaired) electrons. The van der Waals surface area contributed by atoms with E-state index in [0.29, 0.717) is 0 Å². The largest absolute Gasteiger partial charge is 0.340 e. The predicted octanol–water partition coefficient (Wildman–Crippen LogP) is 5.85. The molecule has 2 N–H and O–H groups in total.